The van der Waals surface area contributed by atoms with E-state index in [0.717, 1.165) is 30.7 Å². The van der Waals surface area contributed by atoms with Gasteiger partial charge in [-0.2, -0.15) is 5.10 Å². The Kier molecular flexibility index (Phi) is 2.57. The highest BCUT2D eigenvalue weighted by Crippen LogP contribution is 2.58. The van der Waals surface area contributed by atoms with Gasteiger partial charge < -0.3 is 5.73 Å². The van der Waals surface area contributed by atoms with E-state index in [1.165, 1.54) is 49.8 Å². The van der Waals surface area contributed by atoms with Crippen molar-refractivity contribution in [3.05, 3.63) is 17.5 Å². The Labute approximate surface area is 115 Å². The molecule has 0 radical (unpaired) electrons. The first-order valence-electron chi connectivity index (χ1n) is 7.94. The molecular weight excluding hydrogens is 234 g/mol. The molecule has 4 aliphatic carbocycles. The summed E-state index contributed by atoms with van der Waals surface area (Å²) in [6, 6.07) is 0. The van der Waals surface area contributed by atoms with Crippen LogP contribution < -0.4 is 5.73 Å². The SMILES string of the molecule is Cc1nn(C23CC4CC(CC(C4)C2)C3)cc1CCN. The number of hydrogen-bond donors (Lipinski definition) is 1. The molecule has 19 heavy (non-hydrogen) atoms. The van der Waals surface area contributed by atoms with E-state index in [1.54, 1.807) is 0 Å². The summed E-state index contributed by atoms with van der Waals surface area (Å²) in [6.45, 7) is 2.87. The third-order valence-electron chi connectivity index (χ3n) is 5.91. The predicted octanol–water partition coefficient (Wildman–Crippen LogP) is 2.62. The minimum atomic E-state index is 0.367. The Morgan fingerprint density at radius 3 is 2.32 bits per heavy atom. The molecule has 4 bridgehead atoms. The van der Waals surface area contributed by atoms with Gasteiger partial charge in [0.2, 0.25) is 0 Å². The number of aromatic nitrogens is 2. The van der Waals surface area contributed by atoms with Crippen molar-refractivity contribution in [1.29, 1.82) is 0 Å². The van der Waals surface area contributed by atoms with Gasteiger partial charge in [-0.1, -0.05) is 0 Å². The van der Waals surface area contributed by atoms with Gasteiger partial charge >= 0.3 is 0 Å². The molecule has 0 atom stereocenters. The zero-order valence-electron chi connectivity index (χ0n) is 11.9. The van der Waals surface area contributed by atoms with E-state index in [-0.39, 0.29) is 0 Å². The van der Waals surface area contributed by atoms with Gasteiger partial charge in [-0.25, -0.2) is 0 Å². The Bertz CT molecular complexity index is 453. The fourth-order valence-corrected chi connectivity index (χ4v) is 5.49. The minimum Gasteiger partial charge on any atom is -0.330 e. The molecule has 4 fully saturated rings. The summed E-state index contributed by atoms with van der Waals surface area (Å²) in [5, 5.41) is 4.88. The van der Waals surface area contributed by atoms with Gasteiger partial charge in [0.25, 0.3) is 0 Å². The van der Waals surface area contributed by atoms with Crippen LogP contribution in [0.3, 0.4) is 0 Å². The fraction of sp³-hybridized carbons (Fsp3) is 0.812. The quantitative estimate of drug-likeness (QED) is 0.907. The van der Waals surface area contributed by atoms with E-state index in [0.29, 0.717) is 5.54 Å². The lowest BCUT2D eigenvalue weighted by Gasteiger charge is -2.56. The summed E-state index contributed by atoms with van der Waals surface area (Å²) >= 11 is 0. The van der Waals surface area contributed by atoms with Crippen LogP contribution in [0.5, 0.6) is 0 Å². The van der Waals surface area contributed by atoms with Crippen molar-refractivity contribution in [3.8, 4) is 0 Å². The predicted molar refractivity (Wildman–Crippen MR) is 75.9 cm³/mol. The zero-order chi connectivity index (χ0) is 13.0. The average Bonchev–Trinajstić information content (AvgIpc) is 2.70. The molecule has 0 saturated heterocycles. The lowest BCUT2D eigenvalue weighted by atomic mass is 9.53. The molecule has 0 aliphatic heterocycles. The van der Waals surface area contributed by atoms with Gasteiger partial charge in [0.1, 0.15) is 0 Å². The van der Waals surface area contributed by atoms with Crippen LogP contribution in [0.2, 0.25) is 0 Å². The number of rotatable bonds is 3. The standard InChI is InChI=1S/C16H25N3/c1-11-15(2-3-17)10-19(18-11)16-7-12-4-13(8-16)6-14(5-12)9-16/h10,12-14H,2-9,17H2,1H3. The molecule has 4 saturated carbocycles. The lowest BCUT2D eigenvalue weighted by molar-refractivity contribution is -0.0495. The first-order chi connectivity index (χ1) is 9.18. The van der Waals surface area contributed by atoms with Gasteiger partial charge in [-0.15, -0.1) is 0 Å². The summed E-state index contributed by atoms with van der Waals surface area (Å²) in [5.74, 6) is 2.94. The molecular formula is C16H25N3. The number of hydrogen-bond acceptors (Lipinski definition) is 2. The van der Waals surface area contributed by atoms with Gasteiger partial charge in [0.05, 0.1) is 11.2 Å². The second-order valence-electron chi connectivity index (χ2n) is 7.36. The van der Waals surface area contributed by atoms with E-state index >= 15 is 0 Å². The topological polar surface area (TPSA) is 43.8 Å². The van der Waals surface area contributed by atoms with Crippen molar-refractivity contribution < 1.29 is 0 Å². The number of nitrogens with zero attached hydrogens (tertiary/aromatic N) is 2. The summed E-state index contributed by atoms with van der Waals surface area (Å²) in [6.07, 6.45) is 11.9. The highest BCUT2D eigenvalue weighted by Gasteiger charge is 2.52. The van der Waals surface area contributed by atoms with Gasteiger partial charge in [0.15, 0.2) is 0 Å². The number of nitrogens with two attached hydrogens (primary N) is 1. The smallest absolute Gasteiger partial charge is 0.0635 e. The second-order valence-corrected chi connectivity index (χ2v) is 7.36. The molecule has 104 valence electrons. The summed E-state index contributed by atoms with van der Waals surface area (Å²) < 4.78 is 2.36. The molecule has 1 heterocycles. The van der Waals surface area contributed by atoms with Crippen LogP contribution in [0.4, 0.5) is 0 Å². The Morgan fingerprint density at radius 1 is 1.21 bits per heavy atom. The van der Waals surface area contributed by atoms with E-state index in [4.69, 9.17) is 10.8 Å². The highest BCUT2D eigenvalue weighted by molar-refractivity contribution is 5.18. The second kappa shape index (κ2) is 4.08. The fourth-order valence-electron chi connectivity index (χ4n) is 5.49. The third-order valence-corrected chi connectivity index (χ3v) is 5.91. The molecule has 2 N–H and O–H groups in total. The molecule has 0 amide bonds. The van der Waals surface area contributed by atoms with Crippen LogP contribution in [0, 0.1) is 24.7 Å². The molecule has 4 aliphatic rings. The Balaban J connectivity index is 1.69. The maximum absolute atomic E-state index is 5.71. The maximum atomic E-state index is 5.71. The third kappa shape index (κ3) is 1.78. The lowest BCUT2D eigenvalue weighted by Crippen LogP contribution is -2.52. The zero-order valence-corrected chi connectivity index (χ0v) is 11.9. The van der Waals surface area contributed by atoms with Crippen molar-refractivity contribution in [2.45, 2.75) is 57.4 Å². The first kappa shape index (κ1) is 12.0. The van der Waals surface area contributed by atoms with Crippen molar-refractivity contribution >= 4 is 0 Å². The van der Waals surface area contributed by atoms with Crippen molar-refractivity contribution in [2.75, 3.05) is 6.54 Å². The molecule has 0 aromatic carbocycles. The molecule has 5 rings (SSSR count). The van der Waals surface area contributed by atoms with Crippen LogP contribution in [0.25, 0.3) is 0 Å². The minimum absolute atomic E-state index is 0.367. The monoisotopic (exact) mass is 259 g/mol. The number of aryl methyl sites for hydroxylation is 1. The van der Waals surface area contributed by atoms with E-state index in [9.17, 15) is 0 Å². The van der Waals surface area contributed by atoms with Crippen LogP contribution in [0.1, 0.15) is 49.8 Å². The largest absolute Gasteiger partial charge is 0.330 e. The maximum Gasteiger partial charge on any atom is 0.0635 e. The van der Waals surface area contributed by atoms with Crippen molar-refractivity contribution in [1.82, 2.24) is 9.78 Å². The molecule has 0 spiro atoms. The highest BCUT2D eigenvalue weighted by atomic mass is 15.3. The van der Waals surface area contributed by atoms with E-state index < -0.39 is 0 Å². The molecule has 3 nitrogen and oxygen atoms in total. The van der Waals surface area contributed by atoms with Gasteiger partial charge in [-0.05, 0) is 81.7 Å². The van der Waals surface area contributed by atoms with Crippen molar-refractivity contribution in [2.24, 2.45) is 23.5 Å². The Hall–Kier alpha value is -0.830. The van der Waals surface area contributed by atoms with Crippen molar-refractivity contribution in [3.63, 3.8) is 0 Å². The summed E-state index contributed by atoms with van der Waals surface area (Å²) in [5.41, 5.74) is 8.63. The molecule has 1 aromatic rings. The first-order valence-corrected chi connectivity index (χ1v) is 7.94. The van der Waals surface area contributed by atoms with Crippen LogP contribution >= 0.6 is 0 Å². The van der Waals surface area contributed by atoms with Crippen LogP contribution in [-0.4, -0.2) is 16.3 Å². The molecule has 3 heteroatoms. The molecule has 1 aromatic heterocycles. The van der Waals surface area contributed by atoms with Gasteiger partial charge in [-0.3, -0.25) is 4.68 Å². The van der Waals surface area contributed by atoms with Crippen LogP contribution in [0.15, 0.2) is 6.20 Å². The summed E-state index contributed by atoms with van der Waals surface area (Å²) in [7, 11) is 0. The molecule has 0 unspecified atom stereocenters. The Morgan fingerprint density at radius 2 is 1.79 bits per heavy atom. The van der Waals surface area contributed by atoms with E-state index in [2.05, 4.69) is 17.8 Å². The normalized spacial score (nSPS) is 40.0. The van der Waals surface area contributed by atoms with E-state index in [1.807, 2.05) is 0 Å². The average molecular weight is 259 g/mol. The van der Waals surface area contributed by atoms with Gasteiger partial charge in [0, 0.05) is 6.20 Å². The van der Waals surface area contributed by atoms with Crippen LogP contribution in [-0.2, 0) is 12.0 Å². The summed E-state index contributed by atoms with van der Waals surface area (Å²) in [4.78, 5) is 0.